The number of carbonyl (C=O) groups excluding carboxylic acids is 1. The van der Waals surface area contributed by atoms with Gasteiger partial charge in [-0.15, -0.1) is 0 Å². The zero-order valence-electron chi connectivity index (χ0n) is 16.5. The van der Waals surface area contributed by atoms with Gasteiger partial charge >= 0.3 is 0 Å². The van der Waals surface area contributed by atoms with Gasteiger partial charge in [-0.1, -0.05) is 49.2 Å². The second-order valence-corrected chi connectivity index (χ2v) is 7.30. The van der Waals surface area contributed by atoms with Gasteiger partial charge in [-0.3, -0.25) is 9.78 Å². The van der Waals surface area contributed by atoms with E-state index < -0.39 is 0 Å². The Hall–Kier alpha value is -1.84. The van der Waals surface area contributed by atoms with Crippen molar-refractivity contribution < 1.29 is 4.79 Å². The van der Waals surface area contributed by atoms with Crippen LogP contribution in [0.25, 0.3) is 0 Å². The summed E-state index contributed by atoms with van der Waals surface area (Å²) < 4.78 is 0. The fourth-order valence-corrected chi connectivity index (χ4v) is 3.90. The van der Waals surface area contributed by atoms with Crippen LogP contribution in [0.15, 0.2) is 24.3 Å². The Labute approximate surface area is 171 Å². The predicted octanol–water partition coefficient (Wildman–Crippen LogP) is 6.50. The Morgan fingerprint density at radius 1 is 1.11 bits per heavy atom. The second-order valence-electron chi connectivity index (χ2n) is 6.48. The van der Waals surface area contributed by atoms with Gasteiger partial charge in [-0.25, -0.2) is 0 Å². The van der Waals surface area contributed by atoms with Gasteiger partial charge in [-0.2, -0.15) is 0 Å². The minimum atomic E-state index is -0.238. The van der Waals surface area contributed by atoms with E-state index in [1.807, 2.05) is 58.9 Å². The smallest absolute Gasteiger partial charge is 0.259 e. The molecule has 0 aliphatic heterocycles. The molecule has 0 bridgehead atoms. The number of hydrogen-bond acceptors (Lipinski definition) is 2. The molecule has 27 heavy (non-hydrogen) atoms. The zero-order valence-corrected chi connectivity index (χ0v) is 18.1. The lowest BCUT2D eigenvalue weighted by Gasteiger charge is -2.18. The molecule has 1 N–H and O–H groups in total. The van der Waals surface area contributed by atoms with E-state index in [4.69, 9.17) is 23.2 Å². The third kappa shape index (κ3) is 4.72. The quantitative estimate of drug-likeness (QED) is 0.558. The summed E-state index contributed by atoms with van der Waals surface area (Å²) in [4.78, 5) is 17.7. The highest BCUT2D eigenvalue weighted by molar-refractivity contribution is 6.35. The number of amides is 1. The van der Waals surface area contributed by atoms with Gasteiger partial charge in [0.2, 0.25) is 0 Å². The van der Waals surface area contributed by atoms with Crippen LogP contribution in [0.1, 0.15) is 59.2 Å². The van der Waals surface area contributed by atoms with Gasteiger partial charge in [0.1, 0.15) is 0 Å². The lowest BCUT2D eigenvalue weighted by Crippen LogP contribution is -2.18. The molecule has 0 aliphatic rings. The van der Waals surface area contributed by atoms with Crippen molar-refractivity contribution in [3.8, 4) is 0 Å². The number of pyridine rings is 1. The van der Waals surface area contributed by atoms with E-state index in [1.165, 1.54) is 0 Å². The lowest BCUT2D eigenvalue weighted by atomic mass is 10.0. The van der Waals surface area contributed by atoms with Gasteiger partial charge in [0.15, 0.2) is 0 Å². The van der Waals surface area contributed by atoms with E-state index in [1.54, 1.807) is 0 Å². The van der Waals surface area contributed by atoms with E-state index >= 15 is 0 Å². The van der Waals surface area contributed by atoms with Gasteiger partial charge in [0.05, 0.1) is 16.3 Å². The first-order valence-electron chi connectivity index (χ1n) is 9.23. The summed E-state index contributed by atoms with van der Waals surface area (Å²) in [6.07, 6.45) is 6.17. The van der Waals surface area contributed by atoms with E-state index in [-0.39, 0.29) is 5.91 Å². The van der Waals surface area contributed by atoms with Crippen molar-refractivity contribution in [1.29, 1.82) is 0 Å². The zero-order chi connectivity index (χ0) is 20.1. The molecule has 2 rings (SSSR count). The molecule has 1 amide bonds. The third-order valence-electron chi connectivity index (χ3n) is 4.67. The number of hydrogen-bond donors (Lipinski definition) is 1. The number of nitrogens with one attached hydrogen (secondary N) is 1. The van der Waals surface area contributed by atoms with Crippen LogP contribution in [0.5, 0.6) is 0 Å². The first kappa shape index (κ1) is 21.5. The van der Waals surface area contributed by atoms with Crippen LogP contribution in [-0.2, 0) is 19.3 Å². The highest BCUT2D eigenvalue weighted by Gasteiger charge is 2.21. The van der Waals surface area contributed by atoms with E-state index in [0.717, 1.165) is 40.9 Å². The molecule has 0 aliphatic carbocycles. The Kier molecular flexibility index (Phi) is 7.46. The largest absolute Gasteiger partial charge is 0.321 e. The summed E-state index contributed by atoms with van der Waals surface area (Å²) in [5.74, 6) is -0.238. The number of rotatable bonds is 6. The first-order chi connectivity index (χ1) is 12.8. The summed E-state index contributed by atoms with van der Waals surface area (Å²) in [7, 11) is 0. The number of aryl methyl sites for hydroxylation is 4. The topological polar surface area (TPSA) is 42.0 Å². The Bertz CT molecular complexity index is 863. The molecule has 1 aromatic carbocycles. The predicted molar refractivity (Wildman–Crippen MR) is 115 cm³/mol. The van der Waals surface area contributed by atoms with Crippen molar-refractivity contribution in [1.82, 2.24) is 4.98 Å². The average Bonchev–Trinajstić information content (AvgIpc) is 2.62. The maximum absolute atomic E-state index is 13.1. The number of halogens is 2. The molecule has 3 nitrogen and oxygen atoms in total. The van der Waals surface area contributed by atoms with Crippen molar-refractivity contribution in [2.75, 3.05) is 5.32 Å². The molecular formula is C22H26Cl2N2O. The van der Waals surface area contributed by atoms with Gasteiger partial charge in [0.25, 0.3) is 5.91 Å². The Morgan fingerprint density at radius 2 is 1.70 bits per heavy atom. The number of benzene rings is 1. The maximum Gasteiger partial charge on any atom is 0.259 e. The minimum absolute atomic E-state index is 0.238. The lowest BCUT2D eigenvalue weighted by molar-refractivity contribution is 0.102. The number of nitrogens with zero attached hydrogens (tertiary/aromatic N) is 1. The molecule has 0 unspecified atom stereocenters. The summed E-state index contributed by atoms with van der Waals surface area (Å²) in [6.45, 7) is 9.78. The van der Waals surface area contributed by atoms with Crippen LogP contribution in [-0.4, -0.2) is 10.9 Å². The van der Waals surface area contributed by atoms with Crippen LogP contribution < -0.4 is 5.32 Å². The van der Waals surface area contributed by atoms with Crippen LogP contribution in [0.2, 0.25) is 10.0 Å². The van der Waals surface area contributed by atoms with Crippen molar-refractivity contribution in [3.63, 3.8) is 0 Å². The van der Waals surface area contributed by atoms with E-state index in [9.17, 15) is 4.79 Å². The van der Waals surface area contributed by atoms with E-state index in [2.05, 4.69) is 10.3 Å². The van der Waals surface area contributed by atoms with Crippen molar-refractivity contribution in [2.45, 2.75) is 53.9 Å². The molecule has 0 radical (unpaired) electrons. The highest BCUT2D eigenvalue weighted by Crippen LogP contribution is 2.31. The number of anilines is 1. The monoisotopic (exact) mass is 404 g/mol. The van der Waals surface area contributed by atoms with Crippen molar-refractivity contribution in [2.24, 2.45) is 0 Å². The summed E-state index contributed by atoms with van der Waals surface area (Å²) in [5.41, 5.74) is 5.63. The highest BCUT2D eigenvalue weighted by atomic mass is 35.5. The average molecular weight is 405 g/mol. The van der Waals surface area contributed by atoms with Gasteiger partial charge < -0.3 is 5.32 Å². The molecule has 0 spiro atoms. The Morgan fingerprint density at radius 3 is 2.22 bits per heavy atom. The SMILES string of the molecule is CC=CCc1c(C)nc(C)c(C(=O)Nc2c(CC)cc(Cl)cc2CC)c1Cl. The summed E-state index contributed by atoms with van der Waals surface area (Å²) in [5, 5.41) is 4.22. The number of aromatic nitrogens is 1. The molecule has 1 aromatic heterocycles. The molecule has 5 heteroatoms. The van der Waals surface area contributed by atoms with Crippen molar-refractivity contribution in [3.05, 3.63) is 68.0 Å². The first-order valence-corrected chi connectivity index (χ1v) is 9.98. The van der Waals surface area contributed by atoms with Gasteiger partial charge in [-0.05, 0) is 68.9 Å². The third-order valence-corrected chi connectivity index (χ3v) is 5.31. The van der Waals surface area contributed by atoms with Crippen LogP contribution >= 0.6 is 23.2 Å². The normalized spacial score (nSPS) is 11.2. The molecule has 1 heterocycles. The number of carbonyl (C=O) groups is 1. The molecular weight excluding hydrogens is 379 g/mol. The summed E-state index contributed by atoms with van der Waals surface area (Å²) in [6, 6.07) is 3.80. The molecule has 144 valence electrons. The summed E-state index contributed by atoms with van der Waals surface area (Å²) >= 11 is 12.9. The van der Waals surface area contributed by atoms with E-state index in [0.29, 0.717) is 27.7 Å². The standard InChI is InChI=1S/C22H26Cl2N2O/c1-6-9-10-18-13(4)25-14(5)19(20(18)24)22(27)26-21-15(7-2)11-17(23)12-16(21)8-3/h6,9,11-12H,7-8,10H2,1-5H3,(H,26,27). The fraction of sp³-hybridized carbons (Fsp3) is 0.364. The molecule has 0 saturated carbocycles. The van der Waals surface area contributed by atoms with Crippen LogP contribution in [0.3, 0.4) is 0 Å². The fourth-order valence-electron chi connectivity index (χ4n) is 3.20. The van der Waals surface area contributed by atoms with Gasteiger partial charge in [0, 0.05) is 16.4 Å². The molecule has 0 fully saturated rings. The molecule has 0 atom stereocenters. The molecule has 0 saturated heterocycles. The Balaban J connectivity index is 2.51. The van der Waals surface area contributed by atoms with Crippen molar-refractivity contribution >= 4 is 34.8 Å². The molecule has 2 aromatic rings. The maximum atomic E-state index is 13.1. The minimum Gasteiger partial charge on any atom is -0.321 e. The number of allylic oxidation sites excluding steroid dienone is 2. The van der Waals surface area contributed by atoms with Crippen LogP contribution in [0.4, 0.5) is 5.69 Å². The van der Waals surface area contributed by atoms with Crippen LogP contribution in [0, 0.1) is 13.8 Å². The second kappa shape index (κ2) is 9.38.